The van der Waals surface area contributed by atoms with Crippen molar-refractivity contribution in [1.29, 1.82) is 0 Å². The van der Waals surface area contributed by atoms with Crippen LogP contribution >= 0.6 is 0 Å². The zero-order valence-electron chi connectivity index (χ0n) is 7.09. The standard InChI is InChI=1S/C9H11F2NO/c10-1-2-13-9-4-7(6-12)3-8(11)5-9/h3-5H,1-2,6,12H2. The van der Waals surface area contributed by atoms with Crippen LogP contribution in [0.3, 0.4) is 0 Å². The van der Waals surface area contributed by atoms with Gasteiger partial charge in [0.1, 0.15) is 24.8 Å². The first kappa shape index (κ1) is 9.92. The molecule has 0 aliphatic carbocycles. The van der Waals surface area contributed by atoms with Crippen LogP contribution in [-0.2, 0) is 6.54 Å². The van der Waals surface area contributed by atoms with Crippen molar-refractivity contribution in [1.82, 2.24) is 0 Å². The van der Waals surface area contributed by atoms with Gasteiger partial charge >= 0.3 is 0 Å². The zero-order chi connectivity index (χ0) is 9.68. The Hall–Kier alpha value is -1.16. The number of rotatable bonds is 4. The normalized spacial score (nSPS) is 10.1. The van der Waals surface area contributed by atoms with Gasteiger partial charge in [0.2, 0.25) is 0 Å². The molecular formula is C9H11F2NO. The van der Waals surface area contributed by atoms with Crippen LogP contribution in [0.25, 0.3) is 0 Å². The summed E-state index contributed by atoms with van der Waals surface area (Å²) in [6.07, 6.45) is 0. The Morgan fingerprint density at radius 2 is 2.08 bits per heavy atom. The molecule has 0 aliphatic heterocycles. The SMILES string of the molecule is NCc1cc(F)cc(OCCF)c1. The van der Waals surface area contributed by atoms with Gasteiger partial charge in [0.05, 0.1) is 0 Å². The molecule has 0 bridgehead atoms. The Balaban J connectivity index is 2.76. The molecule has 0 saturated heterocycles. The van der Waals surface area contributed by atoms with Crippen LogP contribution in [0.1, 0.15) is 5.56 Å². The summed E-state index contributed by atoms with van der Waals surface area (Å²) in [5.74, 6) is -0.102. The van der Waals surface area contributed by atoms with Crippen LogP contribution in [0.15, 0.2) is 18.2 Å². The molecule has 0 amide bonds. The van der Waals surface area contributed by atoms with E-state index in [1.807, 2.05) is 0 Å². The second-order valence-electron chi connectivity index (χ2n) is 2.54. The maximum atomic E-state index is 12.8. The summed E-state index contributed by atoms with van der Waals surface area (Å²) in [6, 6.07) is 4.12. The molecular weight excluding hydrogens is 176 g/mol. The van der Waals surface area contributed by atoms with E-state index in [-0.39, 0.29) is 13.2 Å². The van der Waals surface area contributed by atoms with Gasteiger partial charge in [-0.2, -0.15) is 0 Å². The molecule has 0 aliphatic rings. The van der Waals surface area contributed by atoms with Crippen molar-refractivity contribution in [3.8, 4) is 5.75 Å². The molecule has 0 unspecified atom stereocenters. The van der Waals surface area contributed by atoms with Crippen LogP contribution in [0.5, 0.6) is 5.75 Å². The molecule has 0 atom stereocenters. The van der Waals surface area contributed by atoms with E-state index in [4.69, 9.17) is 10.5 Å². The van der Waals surface area contributed by atoms with Crippen LogP contribution in [-0.4, -0.2) is 13.3 Å². The minimum atomic E-state index is -0.589. The monoisotopic (exact) mass is 187 g/mol. The van der Waals surface area contributed by atoms with E-state index >= 15 is 0 Å². The quantitative estimate of drug-likeness (QED) is 0.777. The van der Waals surface area contributed by atoms with Crippen molar-refractivity contribution in [2.24, 2.45) is 5.73 Å². The molecule has 0 spiro atoms. The number of hydrogen-bond acceptors (Lipinski definition) is 2. The maximum absolute atomic E-state index is 12.8. The molecule has 0 heterocycles. The van der Waals surface area contributed by atoms with Gasteiger partial charge in [-0.3, -0.25) is 0 Å². The Morgan fingerprint density at radius 1 is 1.31 bits per heavy atom. The van der Waals surface area contributed by atoms with E-state index in [1.54, 1.807) is 6.07 Å². The van der Waals surface area contributed by atoms with Gasteiger partial charge in [-0.25, -0.2) is 8.78 Å². The van der Waals surface area contributed by atoms with Crippen LogP contribution in [0.4, 0.5) is 8.78 Å². The molecule has 4 heteroatoms. The van der Waals surface area contributed by atoms with Crippen molar-refractivity contribution in [2.75, 3.05) is 13.3 Å². The summed E-state index contributed by atoms with van der Waals surface area (Å²) in [5, 5.41) is 0. The Kier molecular flexibility index (Phi) is 3.64. The van der Waals surface area contributed by atoms with E-state index in [9.17, 15) is 8.78 Å². The Labute approximate surface area is 75.3 Å². The highest BCUT2D eigenvalue weighted by Gasteiger charge is 2.00. The molecule has 0 saturated carbocycles. The smallest absolute Gasteiger partial charge is 0.127 e. The first-order valence-corrected chi connectivity index (χ1v) is 3.94. The van der Waals surface area contributed by atoms with E-state index < -0.39 is 12.5 Å². The van der Waals surface area contributed by atoms with Gasteiger partial charge in [0.15, 0.2) is 0 Å². The van der Waals surface area contributed by atoms with Crippen LogP contribution in [0, 0.1) is 5.82 Å². The summed E-state index contributed by atoms with van der Waals surface area (Å²) in [6.45, 7) is -0.411. The van der Waals surface area contributed by atoms with Crippen molar-refractivity contribution in [2.45, 2.75) is 6.54 Å². The van der Waals surface area contributed by atoms with Crippen molar-refractivity contribution < 1.29 is 13.5 Å². The summed E-state index contributed by atoms with van der Waals surface area (Å²) in [4.78, 5) is 0. The van der Waals surface area contributed by atoms with Gasteiger partial charge in [-0.05, 0) is 17.7 Å². The lowest BCUT2D eigenvalue weighted by Crippen LogP contribution is -2.02. The highest BCUT2D eigenvalue weighted by atomic mass is 19.1. The molecule has 72 valence electrons. The predicted molar refractivity (Wildman–Crippen MR) is 45.8 cm³/mol. The second-order valence-corrected chi connectivity index (χ2v) is 2.54. The highest BCUT2D eigenvalue weighted by Crippen LogP contribution is 2.15. The first-order chi connectivity index (χ1) is 6.26. The molecule has 1 rings (SSSR count). The molecule has 1 aromatic rings. The van der Waals surface area contributed by atoms with E-state index in [1.165, 1.54) is 12.1 Å². The average molecular weight is 187 g/mol. The summed E-state index contributed by atoms with van der Waals surface area (Å²) in [7, 11) is 0. The van der Waals surface area contributed by atoms with Gasteiger partial charge < -0.3 is 10.5 Å². The Bertz CT molecular complexity index is 278. The largest absolute Gasteiger partial charge is 0.491 e. The minimum absolute atomic E-state index is 0.0620. The predicted octanol–water partition coefficient (Wildman–Crippen LogP) is 1.63. The van der Waals surface area contributed by atoms with Gasteiger partial charge in [-0.1, -0.05) is 0 Å². The number of halogens is 2. The molecule has 2 N–H and O–H groups in total. The van der Waals surface area contributed by atoms with Gasteiger partial charge in [0.25, 0.3) is 0 Å². The molecule has 0 aromatic heterocycles. The second kappa shape index (κ2) is 4.77. The van der Waals surface area contributed by atoms with Crippen LogP contribution < -0.4 is 10.5 Å². The molecule has 0 fully saturated rings. The lowest BCUT2D eigenvalue weighted by atomic mass is 10.2. The van der Waals surface area contributed by atoms with Crippen molar-refractivity contribution in [3.63, 3.8) is 0 Å². The first-order valence-electron chi connectivity index (χ1n) is 3.94. The lowest BCUT2D eigenvalue weighted by molar-refractivity contribution is 0.272. The maximum Gasteiger partial charge on any atom is 0.127 e. The third-order valence-electron chi connectivity index (χ3n) is 1.51. The summed E-state index contributed by atoms with van der Waals surface area (Å²) < 4.78 is 29.4. The van der Waals surface area contributed by atoms with E-state index in [2.05, 4.69) is 0 Å². The van der Waals surface area contributed by atoms with Gasteiger partial charge in [-0.15, -0.1) is 0 Å². The van der Waals surface area contributed by atoms with Crippen molar-refractivity contribution >= 4 is 0 Å². The average Bonchev–Trinajstić information content (AvgIpc) is 2.14. The number of ether oxygens (including phenoxy) is 1. The fourth-order valence-electron chi connectivity index (χ4n) is 0.978. The topological polar surface area (TPSA) is 35.2 Å². The van der Waals surface area contributed by atoms with E-state index in [0.29, 0.717) is 11.3 Å². The fraction of sp³-hybridized carbons (Fsp3) is 0.333. The fourth-order valence-corrected chi connectivity index (χ4v) is 0.978. The molecule has 1 aromatic carbocycles. The number of benzene rings is 1. The number of nitrogens with two attached hydrogens (primary N) is 1. The van der Waals surface area contributed by atoms with Crippen LogP contribution in [0.2, 0.25) is 0 Å². The highest BCUT2D eigenvalue weighted by molar-refractivity contribution is 5.29. The van der Waals surface area contributed by atoms with E-state index in [0.717, 1.165) is 0 Å². The zero-order valence-corrected chi connectivity index (χ0v) is 7.09. The molecule has 13 heavy (non-hydrogen) atoms. The third kappa shape index (κ3) is 2.99. The number of hydrogen-bond donors (Lipinski definition) is 1. The minimum Gasteiger partial charge on any atom is -0.491 e. The van der Waals surface area contributed by atoms with Gasteiger partial charge in [0, 0.05) is 12.6 Å². The number of alkyl halides is 1. The Morgan fingerprint density at radius 3 is 2.69 bits per heavy atom. The summed E-state index contributed by atoms with van der Waals surface area (Å²) in [5.41, 5.74) is 5.95. The van der Waals surface area contributed by atoms with Crippen molar-refractivity contribution in [3.05, 3.63) is 29.6 Å². The third-order valence-corrected chi connectivity index (χ3v) is 1.51. The molecule has 0 radical (unpaired) electrons. The molecule has 2 nitrogen and oxygen atoms in total. The lowest BCUT2D eigenvalue weighted by Gasteiger charge is -2.05. The summed E-state index contributed by atoms with van der Waals surface area (Å²) >= 11 is 0.